The SMILES string of the molecule is COCC(N)C(=O)NCC(C(C)C)N1CCCC1. The van der Waals surface area contributed by atoms with Gasteiger partial charge in [-0.05, 0) is 31.8 Å². The Morgan fingerprint density at radius 1 is 1.39 bits per heavy atom. The van der Waals surface area contributed by atoms with E-state index >= 15 is 0 Å². The van der Waals surface area contributed by atoms with Crippen molar-refractivity contribution in [2.45, 2.75) is 38.8 Å². The van der Waals surface area contributed by atoms with Gasteiger partial charge < -0.3 is 15.8 Å². The topological polar surface area (TPSA) is 67.6 Å². The van der Waals surface area contributed by atoms with Gasteiger partial charge in [-0.3, -0.25) is 9.69 Å². The molecule has 1 rings (SSSR count). The Labute approximate surface area is 110 Å². The zero-order valence-electron chi connectivity index (χ0n) is 11.8. The molecular formula is C13H27N3O2. The largest absolute Gasteiger partial charge is 0.383 e. The molecule has 2 atom stereocenters. The van der Waals surface area contributed by atoms with Gasteiger partial charge >= 0.3 is 0 Å². The van der Waals surface area contributed by atoms with E-state index in [1.165, 1.54) is 12.8 Å². The second kappa shape index (κ2) is 7.71. The lowest BCUT2D eigenvalue weighted by Gasteiger charge is -2.31. The van der Waals surface area contributed by atoms with Crippen LogP contribution >= 0.6 is 0 Å². The van der Waals surface area contributed by atoms with Crippen molar-refractivity contribution in [1.29, 1.82) is 0 Å². The Balaban J connectivity index is 2.39. The maximum Gasteiger partial charge on any atom is 0.239 e. The molecule has 5 nitrogen and oxygen atoms in total. The third kappa shape index (κ3) is 4.55. The summed E-state index contributed by atoms with van der Waals surface area (Å²) in [6.45, 7) is 7.62. The fraction of sp³-hybridized carbons (Fsp3) is 0.923. The van der Waals surface area contributed by atoms with Crippen LogP contribution in [0.15, 0.2) is 0 Å². The Morgan fingerprint density at radius 3 is 2.50 bits per heavy atom. The highest BCUT2D eigenvalue weighted by Crippen LogP contribution is 2.17. The minimum atomic E-state index is -0.568. The number of ether oxygens (including phenoxy) is 1. The van der Waals surface area contributed by atoms with Gasteiger partial charge in [0.2, 0.25) is 5.91 Å². The highest BCUT2D eigenvalue weighted by molar-refractivity contribution is 5.81. The van der Waals surface area contributed by atoms with Crippen LogP contribution in [0, 0.1) is 5.92 Å². The summed E-state index contributed by atoms with van der Waals surface area (Å²) in [6, 6.07) is -0.160. The lowest BCUT2D eigenvalue weighted by Crippen LogP contribution is -2.50. The summed E-state index contributed by atoms with van der Waals surface area (Å²) in [6.07, 6.45) is 2.53. The summed E-state index contributed by atoms with van der Waals surface area (Å²) < 4.78 is 4.88. The summed E-state index contributed by atoms with van der Waals surface area (Å²) in [5, 5.41) is 2.94. The van der Waals surface area contributed by atoms with E-state index in [-0.39, 0.29) is 12.5 Å². The minimum Gasteiger partial charge on any atom is -0.383 e. The Bertz CT molecular complexity index is 253. The molecule has 3 N–H and O–H groups in total. The van der Waals surface area contributed by atoms with Crippen molar-refractivity contribution in [2.24, 2.45) is 11.7 Å². The van der Waals surface area contributed by atoms with Crippen molar-refractivity contribution in [3.8, 4) is 0 Å². The van der Waals surface area contributed by atoms with Crippen LogP contribution < -0.4 is 11.1 Å². The van der Waals surface area contributed by atoms with Gasteiger partial charge in [0.05, 0.1) is 6.61 Å². The second-order valence-corrected chi connectivity index (χ2v) is 5.36. The van der Waals surface area contributed by atoms with Gasteiger partial charge in [0.25, 0.3) is 0 Å². The first kappa shape index (κ1) is 15.4. The highest BCUT2D eigenvalue weighted by atomic mass is 16.5. The average molecular weight is 257 g/mol. The quantitative estimate of drug-likeness (QED) is 0.683. The van der Waals surface area contributed by atoms with Crippen LogP contribution in [0.25, 0.3) is 0 Å². The molecule has 0 aromatic heterocycles. The zero-order chi connectivity index (χ0) is 13.5. The first-order valence-corrected chi connectivity index (χ1v) is 6.82. The maximum atomic E-state index is 11.7. The number of carbonyl (C=O) groups is 1. The molecule has 0 spiro atoms. The van der Waals surface area contributed by atoms with Gasteiger partial charge in [0, 0.05) is 19.7 Å². The van der Waals surface area contributed by atoms with Crippen molar-refractivity contribution in [2.75, 3.05) is 33.4 Å². The molecule has 1 saturated heterocycles. The van der Waals surface area contributed by atoms with E-state index in [4.69, 9.17) is 10.5 Å². The number of hydrogen-bond donors (Lipinski definition) is 2. The van der Waals surface area contributed by atoms with Crippen LogP contribution in [0.1, 0.15) is 26.7 Å². The molecule has 1 amide bonds. The molecule has 1 heterocycles. The van der Waals surface area contributed by atoms with Crippen molar-refractivity contribution >= 4 is 5.91 Å². The molecule has 0 aliphatic carbocycles. The predicted molar refractivity (Wildman–Crippen MR) is 72.3 cm³/mol. The highest BCUT2D eigenvalue weighted by Gasteiger charge is 2.25. The Morgan fingerprint density at radius 2 is 2.00 bits per heavy atom. The van der Waals surface area contributed by atoms with Crippen LogP contribution in [0.5, 0.6) is 0 Å². The molecule has 0 radical (unpaired) electrons. The van der Waals surface area contributed by atoms with Gasteiger partial charge in [-0.1, -0.05) is 13.8 Å². The third-order valence-electron chi connectivity index (χ3n) is 3.55. The molecule has 0 aromatic rings. The lowest BCUT2D eigenvalue weighted by atomic mass is 10.0. The molecular weight excluding hydrogens is 230 g/mol. The van der Waals surface area contributed by atoms with Gasteiger partial charge in [-0.25, -0.2) is 0 Å². The molecule has 1 fully saturated rings. The van der Waals surface area contributed by atoms with Crippen LogP contribution in [0.4, 0.5) is 0 Å². The molecule has 0 saturated carbocycles. The van der Waals surface area contributed by atoms with E-state index in [2.05, 4.69) is 24.1 Å². The molecule has 5 heteroatoms. The maximum absolute atomic E-state index is 11.7. The fourth-order valence-electron chi connectivity index (χ4n) is 2.45. The van der Waals surface area contributed by atoms with E-state index in [0.717, 1.165) is 13.1 Å². The predicted octanol–water partition coefficient (Wildman–Crippen LogP) is 0.197. The number of carbonyl (C=O) groups excluding carboxylic acids is 1. The lowest BCUT2D eigenvalue weighted by molar-refractivity contribution is -0.123. The number of methoxy groups -OCH3 is 1. The van der Waals surface area contributed by atoms with Gasteiger partial charge in [0.1, 0.15) is 6.04 Å². The van der Waals surface area contributed by atoms with E-state index in [1.807, 2.05) is 0 Å². The number of nitrogens with one attached hydrogen (secondary N) is 1. The summed E-state index contributed by atoms with van der Waals surface area (Å²) in [7, 11) is 1.55. The molecule has 1 aliphatic heterocycles. The number of amides is 1. The number of rotatable bonds is 7. The Kier molecular flexibility index (Phi) is 6.60. The zero-order valence-corrected chi connectivity index (χ0v) is 11.8. The molecule has 2 unspecified atom stereocenters. The van der Waals surface area contributed by atoms with Gasteiger partial charge in [-0.2, -0.15) is 0 Å². The fourth-order valence-corrected chi connectivity index (χ4v) is 2.45. The van der Waals surface area contributed by atoms with E-state index in [1.54, 1.807) is 7.11 Å². The number of nitrogens with two attached hydrogens (primary N) is 1. The van der Waals surface area contributed by atoms with Crippen LogP contribution in [-0.2, 0) is 9.53 Å². The monoisotopic (exact) mass is 257 g/mol. The van der Waals surface area contributed by atoms with E-state index in [0.29, 0.717) is 18.5 Å². The molecule has 18 heavy (non-hydrogen) atoms. The molecule has 1 aliphatic rings. The van der Waals surface area contributed by atoms with Crippen molar-refractivity contribution in [1.82, 2.24) is 10.2 Å². The smallest absolute Gasteiger partial charge is 0.239 e. The average Bonchev–Trinajstić information content (AvgIpc) is 2.82. The molecule has 0 aromatic carbocycles. The normalized spacial score (nSPS) is 20.1. The third-order valence-corrected chi connectivity index (χ3v) is 3.55. The summed E-state index contributed by atoms with van der Waals surface area (Å²) in [5.41, 5.74) is 5.69. The number of hydrogen-bond acceptors (Lipinski definition) is 4. The Hall–Kier alpha value is -0.650. The summed E-state index contributed by atoms with van der Waals surface area (Å²) in [4.78, 5) is 14.2. The summed E-state index contributed by atoms with van der Waals surface area (Å²) in [5.74, 6) is 0.406. The molecule has 0 bridgehead atoms. The van der Waals surface area contributed by atoms with Crippen molar-refractivity contribution < 1.29 is 9.53 Å². The number of nitrogens with zero attached hydrogens (tertiary/aromatic N) is 1. The van der Waals surface area contributed by atoms with Crippen molar-refractivity contribution in [3.05, 3.63) is 0 Å². The molecule has 106 valence electrons. The van der Waals surface area contributed by atoms with Gasteiger partial charge in [0.15, 0.2) is 0 Å². The van der Waals surface area contributed by atoms with Gasteiger partial charge in [-0.15, -0.1) is 0 Å². The van der Waals surface area contributed by atoms with Crippen LogP contribution in [-0.4, -0.2) is 56.2 Å². The van der Waals surface area contributed by atoms with E-state index in [9.17, 15) is 4.79 Å². The van der Waals surface area contributed by atoms with Crippen LogP contribution in [0.2, 0.25) is 0 Å². The van der Waals surface area contributed by atoms with Crippen molar-refractivity contribution in [3.63, 3.8) is 0 Å². The number of likely N-dealkylation sites (tertiary alicyclic amines) is 1. The second-order valence-electron chi connectivity index (χ2n) is 5.36. The first-order valence-electron chi connectivity index (χ1n) is 6.82. The summed E-state index contributed by atoms with van der Waals surface area (Å²) >= 11 is 0. The first-order chi connectivity index (χ1) is 8.56. The van der Waals surface area contributed by atoms with Crippen LogP contribution in [0.3, 0.4) is 0 Å². The minimum absolute atomic E-state index is 0.123. The standard InChI is InChI=1S/C13H27N3O2/c1-10(2)12(16-6-4-5-7-16)8-15-13(17)11(14)9-18-3/h10-12H,4-9,14H2,1-3H3,(H,15,17). The van der Waals surface area contributed by atoms with E-state index < -0.39 is 6.04 Å².